The van der Waals surface area contributed by atoms with Crippen LogP contribution in [-0.2, 0) is 6.54 Å². The molecule has 27 heavy (non-hydrogen) atoms. The lowest BCUT2D eigenvalue weighted by Gasteiger charge is -2.25. The zero-order valence-electron chi connectivity index (χ0n) is 14.9. The SMILES string of the molecule is CN1CCN(c2cc(F)cc(F)c2)c2ccc(-n3ccccc3=O)cc2C1. The number of likely N-dealkylation sites (N-methyl/N-ethyl adjacent to an activating group) is 1. The number of benzene rings is 2. The molecule has 1 aliphatic heterocycles. The maximum absolute atomic E-state index is 13.8. The summed E-state index contributed by atoms with van der Waals surface area (Å²) in [6.45, 7) is 2.03. The molecule has 4 rings (SSSR count). The van der Waals surface area contributed by atoms with Crippen LogP contribution in [0.2, 0.25) is 0 Å². The Kier molecular flexibility index (Phi) is 4.49. The van der Waals surface area contributed by atoms with Gasteiger partial charge in [-0.1, -0.05) is 6.07 Å². The van der Waals surface area contributed by atoms with Crippen LogP contribution in [0.4, 0.5) is 20.2 Å². The van der Waals surface area contributed by atoms with Crippen molar-refractivity contribution in [3.05, 3.63) is 88.3 Å². The minimum atomic E-state index is -0.600. The summed E-state index contributed by atoms with van der Waals surface area (Å²) in [7, 11) is 2.00. The molecule has 138 valence electrons. The van der Waals surface area contributed by atoms with E-state index in [0.717, 1.165) is 29.5 Å². The first-order valence-electron chi connectivity index (χ1n) is 8.74. The Bertz CT molecular complexity index is 1030. The second-order valence-electron chi connectivity index (χ2n) is 6.74. The average Bonchev–Trinajstić information content (AvgIpc) is 2.79. The fourth-order valence-electron chi connectivity index (χ4n) is 3.48. The van der Waals surface area contributed by atoms with E-state index in [1.807, 2.05) is 30.1 Å². The quantitative estimate of drug-likeness (QED) is 0.692. The van der Waals surface area contributed by atoms with Crippen molar-refractivity contribution in [1.29, 1.82) is 0 Å². The summed E-state index contributed by atoms with van der Waals surface area (Å²) in [6.07, 6.45) is 1.73. The van der Waals surface area contributed by atoms with Gasteiger partial charge in [0.2, 0.25) is 0 Å². The maximum Gasteiger partial charge on any atom is 0.255 e. The first-order valence-corrected chi connectivity index (χ1v) is 8.74. The Morgan fingerprint density at radius 2 is 1.67 bits per heavy atom. The van der Waals surface area contributed by atoms with Gasteiger partial charge in [0.15, 0.2) is 0 Å². The monoisotopic (exact) mass is 367 g/mol. The minimum absolute atomic E-state index is 0.108. The molecule has 4 nitrogen and oxygen atoms in total. The third-order valence-electron chi connectivity index (χ3n) is 4.76. The van der Waals surface area contributed by atoms with Crippen LogP contribution in [-0.4, -0.2) is 29.6 Å². The number of hydrogen-bond acceptors (Lipinski definition) is 3. The second kappa shape index (κ2) is 6.96. The largest absolute Gasteiger partial charge is 0.340 e. The highest BCUT2D eigenvalue weighted by Gasteiger charge is 2.21. The van der Waals surface area contributed by atoms with E-state index in [9.17, 15) is 13.6 Å². The van der Waals surface area contributed by atoms with Crippen molar-refractivity contribution in [3.8, 4) is 5.69 Å². The highest BCUT2D eigenvalue weighted by atomic mass is 19.1. The van der Waals surface area contributed by atoms with Crippen molar-refractivity contribution in [1.82, 2.24) is 9.47 Å². The molecule has 0 spiro atoms. The molecule has 0 aliphatic carbocycles. The molecule has 0 atom stereocenters. The van der Waals surface area contributed by atoms with Gasteiger partial charge in [-0.3, -0.25) is 9.36 Å². The number of hydrogen-bond donors (Lipinski definition) is 0. The smallest absolute Gasteiger partial charge is 0.255 e. The van der Waals surface area contributed by atoms with Gasteiger partial charge in [0.05, 0.1) is 0 Å². The molecule has 0 unspecified atom stereocenters. The summed E-state index contributed by atoms with van der Waals surface area (Å²) in [5.41, 5.74) is 3.02. The number of fused-ring (bicyclic) bond motifs is 1. The van der Waals surface area contributed by atoms with E-state index in [4.69, 9.17) is 0 Å². The molecular formula is C21H19F2N3O. The highest BCUT2D eigenvalue weighted by Crippen LogP contribution is 2.33. The summed E-state index contributed by atoms with van der Waals surface area (Å²) in [5.74, 6) is -1.20. The molecule has 1 aliphatic rings. The molecule has 0 radical (unpaired) electrons. The molecular weight excluding hydrogens is 348 g/mol. The Balaban J connectivity index is 1.83. The van der Waals surface area contributed by atoms with Gasteiger partial charge in [-0.25, -0.2) is 8.78 Å². The summed E-state index contributed by atoms with van der Waals surface area (Å²) in [6, 6.07) is 14.3. The number of halogens is 2. The van der Waals surface area contributed by atoms with E-state index in [2.05, 4.69) is 4.90 Å². The summed E-state index contributed by atoms with van der Waals surface area (Å²) in [4.78, 5) is 16.2. The second-order valence-corrected chi connectivity index (χ2v) is 6.74. The molecule has 0 saturated heterocycles. The van der Waals surface area contributed by atoms with Crippen molar-refractivity contribution in [2.24, 2.45) is 0 Å². The van der Waals surface area contributed by atoms with E-state index >= 15 is 0 Å². The van der Waals surface area contributed by atoms with Crippen molar-refractivity contribution in [2.75, 3.05) is 25.0 Å². The molecule has 0 bridgehead atoms. The first kappa shape index (κ1) is 17.4. The van der Waals surface area contributed by atoms with Gasteiger partial charge in [0.1, 0.15) is 11.6 Å². The van der Waals surface area contributed by atoms with Crippen LogP contribution >= 0.6 is 0 Å². The van der Waals surface area contributed by atoms with Crippen molar-refractivity contribution in [3.63, 3.8) is 0 Å². The maximum atomic E-state index is 13.8. The zero-order valence-corrected chi connectivity index (χ0v) is 14.9. The number of aromatic nitrogens is 1. The predicted octanol–water partition coefficient (Wildman–Crippen LogP) is 3.70. The van der Waals surface area contributed by atoms with Gasteiger partial charge in [-0.05, 0) is 49.0 Å². The molecule has 0 fully saturated rings. The van der Waals surface area contributed by atoms with Crippen molar-refractivity contribution >= 4 is 11.4 Å². The molecule has 3 aromatic rings. The van der Waals surface area contributed by atoms with Crippen LogP contribution in [0.25, 0.3) is 5.69 Å². The Labute approximate surface area is 155 Å². The van der Waals surface area contributed by atoms with Gasteiger partial charge in [0.25, 0.3) is 5.56 Å². The van der Waals surface area contributed by atoms with Gasteiger partial charge in [0, 0.05) is 55.0 Å². The lowest BCUT2D eigenvalue weighted by Crippen LogP contribution is -2.26. The Morgan fingerprint density at radius 1 is 0.889 bits per heavy atom. The molecule has 2 heterocycles. The van der Waals surface area contributed by atoms with E-state index < -0.39 is 11.6 Å². The summed E-state index contributed by atoms with van der Waals surface area (Å²) >= 11 is 0. The minimum Gasteiger partial charge on any atom is -0.340 e. The number of nitrogens with zero attached hydrogens (tertiary/aromatic N) is 3. The lowest BCUT2D eigenvalue weighted by atomic mass is 10.1. The molecule has 0 N–H and O–H groups in total. The summed E-state index contributed by atoms with van der Waals surface area (Å²) < 4.78 is 29.1. The van der Waals surface area contributed by atoms with Crippen LogP contribution in [0.3, 0.4) is 0 Å². The average molecular weight is 367 g/mol. The molecule has 0 amide bonds. The fraction of sp³-hybridized carbons (Fsp3) is 0.190. The number of anilines is 2. The van der Waals surface area contributed by atoms with Crippen LogP contribution in [0.5, 0.6) is 0 Å². The van der Waals surface area contributed by atoms with Gasteiger partial charge >= 0.3 is 0 Å². The summed E-state index contributed by atoms with van der Waals surface area (Å²) in [5, 5.41) is 0. The van der Waals surface area contributed by atoms with Crippen LogP contribution in [0.1, 0.15) is 5.56 Å². The highest BCUT2D eigenvalue weighted by molar-refractivity contribution is 5.68. The van der Waals surface area contributed by atoms with Crippen LogP contribution in [0.15, 0.2) is 65.6 Å². The molecule has 0 saturated carbocycles. The Hall–Kier alpha value is -2.99. The van der Waals surface area contributed by atoms with Crippen LogP contribution in [0, 0.1) is 11.6 Å². The normalized spacial score (nSPS) is 14.7. The third-order valence-corrected chi connectivity index (χ3v) is 4.76. The Morgan fingerprint density at radius 3 is 2.41 bits per heavy atom. The van der Waals surface area contributed by atoms with Gasteiger partial charge in [-0.2, -0.15) is 0 Å². The zero-order chi connectivity index (χ0) is 19.0. The standard InChI is InChI=1S/C21H19F2N3O/c1-24-8-9-25(19-12-16(22)11-17(23)13-19)20-6-5-18(10-15(20)14-24)26-7-3-2-4-21(26)27/h2-7,10-13H,8-9,14H2,1H3. The van der Waals surface area contributed by atoms with Crippen LogP contribution < -0.4 is 10.5 Å². The van der Waals surface area contributed by atoms with E-state index in [-0.39, 0.29) is 5.56 Å². The van der Waals surface area contributed by atoms with Crippen molar-refractivity contribution < 1.29 is 8.78 Å². The third kappa shape index (κ3) is 3.48. The topological polar surface area (TPSA) is 28.5 Å². The van der Waals surface area contributed by atoms with E-state index in [1.54, 1.807) is 22.9 Å². The van der Waals surface area contributed by atoms with Crippen molar-refractivity contribution in [2.45, 2.75) is 6.54 Å². The first-order chi connectivity index (χ1) is 13.0. The number of rotatable bonds is 2. The molecule has 1 aromatic heterocycles. The molecule has 6 heteroatoms. The van der Waals surface area contributed by atoms with E-state index in [1.165, 1.54) is 18.2 Å². The predicted molar refractivity (Wildman–Crippen MR) is 102 cm³/mol. The van der Waals surface area contributed by atoms with Gasteiger partial charge < -0.3 is 9.80 Å². The lowest BCUT2D eigenvalue weighted by molar-refractivity contribution is 0.343. The van der Waals surface area contributed by atoms with Gasteiger partial charge in [-0.15, -0.1) is 0 Å². The fourth-order valence-corrected chi connectivity index (χ4v) is 3.48. The van der Waals surface area contributed by atoms with E-state index in [0.29, 0.717) is 18.8 Å². The number of pyridine rings is 1. The molecule has 2 aromatic carbocycles.